The number of rotatable bonds is 4. The second-order valence-electron chi connectivity index (χ2n) is 6.87. The molecular formula is C21H20ClN3O5. The molecule has 1 aliphatic rings. The van der Waals surface area contributed by atoms with Crippen LogP contribution in [-0.4, -0.2) is 53.4 Å². The molecule has 0 bridgehead atoms. The van der Waals surface area contributed by atoms with E-state index >= 15 is 0 Å². The first-order valence-corrected chi connectivity index (χ1v) is 9.82. The number of nitrogens with zero attached hydrogens (tertiary/aromatic N) is 3. The molecule has 156 valence electrons. The quantitative estimate of drug-likeness (QED) is 0.630. The highest BCUT2D eigenvalue weighted by atomic mass is 35.5. The first-order valence-electron chi connectivity index (χ1n) is 9.44. The first-order chi connectivity index (χ1) is 14.5. The number of carbonyl (C=O) groups excluding carboxylic acids is 1. The molecule has 2 heterocycles. The number of morpholine rings is 1. The number of methoxy groups -OCH3 is 1. The third-order valence-electron chi connectivity index (χ3n) is 5.07. The molecular weight excluding hydrogens is 410 g/mol. The molecule has 30 heavy (non-hydrogen) atoms. The van der Waals surface area contributed by atoms with Crippen molar-refractivity contribution in [3.63, 3.8) is 0 Å². The van der Waals surface area contributed by atoms with Gasteiger partial charge in [-0.2, -0.15) is 0 Å². The first kappa shape index (κ1) is 20.2. The summed E-state index contributed by atoms with van der Waals surface area (Å²) in [5.74, 6) is 0.281. The molecule has 1 saturated heterocycles. The molecule has 0 unspecified atom stereocenters. The Hall–Kier alpha value is -3.10. The number of amides is 1. The van der Waals surface area contributed by atoms with Crippen molar-refractivity contribution >= 4 is 28.4 Å². The Bertz CT molecular complexity index is 1230. The van der Waals surface area contributed by atoms with Crippen LogP contribution >= 0.6 is 11.6 Å². The van der Waals surface area contributed by atoms with Gasteiger partial charge in [0.25, 0.3) is 5.56 Å². The number of benzene rings is 2. The SMILES string of the molecule is COc1cccc(-n2c(=O)c3ccc(Cl)cc3n(CC(=O)N3CCOCC3)c2=O)c1. The van der Waals surface area contributed by atoms with E-state index in [9.17, 15) is 14.4 Å². The Balaban J connectivity index is 1.91. The minimum absolute atomic E-state index is 0.208. The molecule has 0 aliphatic carbocycles. The van der Waals surface area contributed by atoms with E-state index in [4.69, 9.17) is 21.1 Å². The number of carbonyl (C=O) groups is 1. The molecule has 1 amide bonds. The van der Waals surface area contributed by atoms with Gasteiger partial charge in [-0.15, -0.1) is 0 Å². The number of ether oxygens (including phenoxy) is 2. The summed E-state index contributed by atoms with van der Waals surface area (Å²) in [6, 6.07) is 11.3. The molecule has 0 N–H and O–H groups in total. The maximum absolute atomic E-state index is 13.4. The molecule has 0 radical (unpaired) electrons. The Morgan fingerprint density at radius 3 is 2.63 bits per heavy atom. The van der Waals surface area contributed by atoms with Gasteiger partial charge in [0.05, 0.1) is 36.9 Å². The summed E-state index contributed by atoms with van der Waals surface area (Å²) in [5.41, 5.74) is -0.438. The van der Waals surface area contributed by atoms with Gasteiger partial charge in [-0.25, -0.2) is 9.36 Å². The fourth-order valence-electron chi connectivity index (χ4n) is 3.52. The lowest BCUT2D eigenvalue weighted by atomic mass is 10.2. The van der Waals surface area contributed by atoms with Crippen molar-refractivity contribution in [2.24, 2.45) is 0 Å². The van der Waals surface area contributed by atoms with Crippen LogP contribution in [0.1, 0.15) is 0 Å². The summed E-state index contributed by atoms with van der Waals surface area (Å²) in [6.45, 7) is 1.62. The van der Waals surface area contributed by atoms with Crippen LogP contribution in [0.4, 0.5) is 0 Å². The minimum atomic E-state index is -0.621. The number of fused-ring (bicyclic) bond motifs is 1. The van der Waals surface area contributed by atoms with E-state index in [2.05, 4.69) is 0 Å². The maximum Gasteiger partial charge on any atom is 0.336 e. The molecule has 3 aromatic rings. The Morgan fingerprint density at radius 2 is 1.90 bits per heavy atom. The number of hydrogen-bond donors (Lipinski definition) is 0. The van der Waals surface area contributed by atoms with E-state index in [-0.39, 0.29) is 17.8 Å². The summed E-state index contributed by atoms with van der Waals surface area (Å²) < 4.78 is 12.8. The van der Waals surface area contributed by atoms with Crippen molar-refractivity contribution in [2.45, 2.75) is 6.54 Å². The summed E-state index contributed by atoms with van der Waals surface area (Å²) >= 11 is 6.12. The topological polar surface area (TPSA) is 82.8 Å². The minimum Gasteiger partial charge on any atom is -0.497 e. The van der Waals surface area contributed by atoms with Crippen LogP contribution in [0.3, 0.4) is 0 Å². The summed E-state index contributed by atoms with van der Waals surface area (Å²) in [4.78, 5) is 41.0. The van der Waals surface area contributed by atoms with Crippen LogP contribution < -0.4 is 16.0 Å². The van der Waals surface area contributed by atoms with Gasteiger partial charge in [-0.1, -0.05) is 17.7 Å². The molecule has 2 aromatic carbocycles. The van der Waals surface area contributed by atoms with E-state index in [0.717, 1.165) is 4.57 Å². The Kier molecular flexibility index (Phi) is 5.61. The van der Waals surface area contributed by atoms with E-state index < -0.39 is 11.2 Å². The third-order valence-corrected chi connectivity index (χ3v) is 5.31. The monoisotopic (exact) mass is 429 g/mol. The van der Waals surface area contributed by atoms with Gasteiger partial charge in [0.15, 0.2) is 0 Å². The van der Waals surface area contributed by atoms with E-state index in [0.29, 0.717) is 48.3 Å². The van der Waals surface area contributed by atoms with Gasteiger partial charge < -0.3 is 14.4 Å². The fourth-order valence-corrected chi connectivity index (χ4v) is 3.68. The fraction of sp³-hybridized carbons (Fsp3) is 0.286. The van der Waals surface area contributed by atoms with Crippen LogP contribution in [0.15, 0.2) is 52.1 Å². The van der Waals surface area contributed by atoms with Crippen molar-refractivity contribution in [3.05, 3.63) is 68.3 Å². The van der Waals surface area contributed by atoms with Crippen molar-refractivity contribution < 1.29 is 14.3 Å². The second kappa shape index (κ2) is 8.33. The van der Waals surface area contributed by atoms with Gasteiger partial charge in [0, 0.05) is 24.2 Å². The van der Waals surface area contributed by atoms with Crippen LogP contribution in [-0.2, 0) is 16.1 Å². The molecule has 1 fully saturated rings. The van der Waals surface area contributed by atoms with Gasteiger partial charge >= 0.3 is 5.69 Å². The Labute approximate surface area is 176 Å². The lowest BCUT2D eigenvalue weighted by Crippen LogP contribution is -2.45. The van der Waals surface area contributed by atoms with Crippen molar-refractivity contribution in [3.8, 4) is 11.4 Å². The Morgan fingerprint density at radius 1 is 1.13 bits per heavy atom. The summed E-state index contributed by atoms with van der Waals surface area (Å²) in [7, 11) is 1.50. The average Bonchev–Trinajstić information content (AvgIpc) is 2.77. The van der Waals surface area contributed by atoms with Gasteiger partial charge in [-0.3, -0.25) is 14.2 Å². The smallest absolute Gasteiger partial charge is 0.336 e. The highest BCUT2D eigenvalue weighted by Crippen LogP contribution is 2.18. The number of halogens is 1. The lowest BCUT2D eigenvalue weighted by molar-refractivity contribution is -0.135. The third kappa shape index (κ3) is 3.71. The van der Waals surface area contributed by atoms with Crippen LogP contribution in [0.25, 0.3) is 16.6 Å². The molecule has 1 aliphatic heterocycles. The van der Waals surface area contributed by atoms with Crippen molar-refractivity contribution in [1.82, 2.24) is 14.0 Å². The van der Waals surface area contributed by atoms with Gasteiger partial charge in [-0.05, 0) is 30.3 Å². The molecule has 1 aromatic heterocycles. The molecule has 0 spiro atoms. The number of hydrogen-bond acceptors (Lipinski definition) is 5. The van der Waals surface area contributed by atoms with E-state index in [1.54, 1.807) is 41.3 Å². The van der Waals surface area contributed by atoms with E-state index in [1.807, 2.05) is 0 Å². The van der Waals surface area contributed by atoms with E-state index in [1.165, 1.54) is 17.7 Å². The van der Waals surface area contributed by atoms with Crippen LogP contribution in [0.5, 0.6) is 5.75 Å². The van der Waals surface area contributed by atoms with Gasteiger partial charge in [0.1, 0.15) is 12.3 Å². The second-order valence-corrected chi connectivity index (χ2v) is 7.30. The average molecular weight is 430 g/mol. The molecule has 4 rings (SSSR count). The summed E-state index contributed by atoms with van der Waals surface area (Å²) in [6.07, 6.45) is 0. The zero-order chi connectivity index (χ0) is 21.3. The van der Waals surface area contributed by atoms with Crippen LogP contribution in [0, 0.1) is 0 Å². The normalized spacial score (nSPS) is 14.1. The molecule has 9 heteroatoms. The zero-order valence-corrected chi connectivity index (χ0v) is 17.1. The predicted molar refractivity (Wildman–Crippen MR) is 113 cm³/mol. The van der Waals surface area contributed by atoms with Crippen molar-refractivity contribution in [2.75, 3.05) is 33.4 Å². The zero-order valence-electron chi connectivity index (χ0n) is 16.3. The molecule has 0 atom stereocenters. The highest BCUT2D eigenvalue weighted by molar-refractivity contribution is 6.31. The number of aromatic nitrogens is 2. The maximum atomic E-state index is 13.4. The van der Waals surface area contributed by atoms with Crippen molar-refractivity contribution in [1.29, 1.82) is 0 Å². The van der Waals surface area contributed by atoms with Crippen LogP contribution in [0.2, 0.25) is 5.02 Å². The lowest BCUT2D eigenvalue weighted by Gasteiger charge is -2.27. The molecule has 0 saturated carbocycles. The predicted octanol–water partition coefficient (Wildman–Crippen LogP) is 1.67. The molecule has 8 nitrogen and oxygen atoms in total. The summed E-state index contributed by atoms with van der Waals surface area (Å²) in [5, 5.41) is 0.657. The van der Waals surface area contributed by atoms with Gasteiger partial charge in [0.2, 0.25) is 5.91 Å². The standard InChI is InChI=1S/C21H20ClN3O5/c1-29-16-4-2-3-15(12-16)25-20(27)17-6-5-14(22)11-18(17)24(21(25)28)13-19(26)23-7-9-30-10-8-23/h2-6,11-12H,7-10,13H2,1H3. The largest absolute Gasteiger partial charge is 0.497 e. The highest BCUT2D eigenvalue weighted by Gasteiger charge is 2.21.